The standard InChI is InChI=1S/C19H23N3O4/c1-2-3-4-9-16-19(15-10-11-26-18(25)21(15)19)22(16)20-17(24)14-8-6-5-7-13(14)12-23/h5-8,12,15-16H,2-4,9-11H2,1H3,(H,20,24)/t15?,16-,19+,21?,22?/m0/s1. The van der Waals surface area contributed by atoms with Gasteiger partial charge in [-0.2, -0.15) is 5.01 Å². The summed E-state index contributed by atoms with van der Waals surface area (Å²) in [7, 11) is 0. The Morgan fingerprint density at radius 1 is 1.38 bits per heavy atom. The van der Waals surface area contributed by atoms with Crippen LogP contribution < -0.4 is 5.43 Å². The number of unbranched alkanes of at least 4 members (excludes halogenated alkanes) is 2. The predicted molar refractivity (Wildman–Crippen MR) is 93.4 cm³/mol. The first-order valence-corrected chi connectivity index (χ1v) is 9.26. The number of hydrazine groups is 1. The molecule has 1 spiro atoms. The first-order valence-electron chi connectivity index (χ1n) is 9.26. The van der Waals surface area contributed by atoms with E-state index in [1.165, 1.54) is 0 Å². The number of nitrogens with zero attached hydrogens (tertiary/aromatic N) is 2. The molecule has 0 bridgehead atoms. The fourth-order valence-electron chi connectivity index (χ4n) is 4.38. The van der Waals surface area contributed by atoms with Gasteiger partial charge in [-0.1, -0.05) is 44.4 Å². The van der Waals surface area contributed by atoms with E-state index in [0.717, 1.165) is 32.1 Å². The van der Waals surface area contributed by atoms with Gasteiger partial charge < -0.3 is 4.74 Å². The van der Waals surface area contributed by atoms with Gasteiger partial charge >= 0.3 is 6.09 Å². The highest BCUT2D eigenvalue weighted by Gasteiger charge is 2.86. The van der Waals surface area contributed by atoms with Crippen molar-refractivity contribution in [2.75, 3.05) is 6.61 Å². The summed E-state index contributed by atoms with van der Waals surface area (Å²) in [6.07, 6.45) is 5.38. The molecule has 1 aromatic rings. The Morgan fingerprint density at radius 2 is 2.19 bits per heavy atom. The summed E-state index contributed by atoms with van der Waals surface area (Å²) in [4.78, 5) is 37.7. The molecule has 3 aliphatic heterocycles. The zero-order valence-electron chi connectivity index (χ0n) is 14.8. The minimum Gasteiger partial charge on any atom is -0.449 e. The van der Waals surface area contributed by atoms with E-state index in [2.05, 4.69) is 12.3 Å². The number of rotatable bonds is 7. The van der Waals surface area contributed by atoms with E-state index in [0.29, 0.717) is 24.0 Å². The number of aldehydes is 1. The number of hydrogen-bond donors (Lipinski definition) is 1. The van der Waals surface area contributed by atoms with Crippen molar-refractivity contribution >= 4 is 18.3 Å². The highest BCUT2D eigenvalue weighted by molar-refractivity contribution is 6.01. The fourth-order valence-corrected chi connectivity index (χ4v) is 4.38. The molecule has 2 amide bonds. The van der Waals surface area contributed by atoms with E-state index in [-0.39, 0.29) is 24.1 Å². The van der Waals surface area contributed by atoms with Crippen LogP contribution in [0, 0.1) is 0 Å². The third-order valence-electron chi connectivity index (χ3n) is 5.69. The molecule has 1 N–H and O–H groups in total. The van der Waals surface area contributed by atoms with Gasteiger partial charge in [-0.25, -0.2) is 4.79 Å². The monoisotopic (exact) mass is 357 g/mol. The average molecular weight is 357 g/mol. The van der Waals surface area contributed by atoms with Crippen molar-refractivity contribution in [1.29, 1.82) is 0 Å². The minimum atomic E-state index is -0.424. The van der Waals surface area contributed by atoms with Gasteiger partial charge in [0.15, 0.2) is 11.9 Å². The average Bonchev–Trinajstić information content (AvgIpc) is 3.51. The number of nitrogens with one attached hydrogen (secondary N) is 1. The largest absolute Gasteiger partial charge is 0.449 e. The molecule has 3 heterocycles. The van der Waals surface area contributed by atoms with E-state index in [9.17, 15) is 14.4 Å². The highest BCUT2D eigenvalue weighted by atomic mass is 16.6. The van der Waals surface area contributed by atoms with Gasteiger partial charge in [0, 0.05) is 12.0 Å². The van der Waals surface area contributed by atoms with Gasteiger partial charge in [0.2, 0.25) is 0 Å². The smallest absolute Gasteiger partial charge is 0.411 e. The highest BCUT2D eigenvalue weighted by Crippen LogP contribution is 2.63. The molecule has 0 radical (unpaired) electrons. The Balaban J connectivity index is 1.52. The maximum absolute atomic E-state index is 12.7. The summed E-state index contributed by atoms with van der Waals surface area (Å²) in [5.74, 6) is -0.316. The van der Waals surface area contributed by atoms with Crippen LogP contribution in [-0.4, -0.2) is 52.5 Å². The van der Waals surface area contributed by atoms with Crippen LogP contribution in [0.1, 0.15) is 59.7 Å². The predicted octanol–water partition coefficient (Wildman–Crippen LogP) is 2.33. The molecule has 7 nitrogen and oxygen atoms in total. The summed E-state index contributed by atoms with van der Waals surface area (Å²) in [6.45, 7) is 2.58. The lowest BCUT2D eigenvalue weighted by Gasteiger charge is -2.10. The Labute approximate surface area is 152 Å². The van der Waals surface area contributed by atoms with Crippen LogP contribution in [0.3, 0.4) is 0 Å². The first kappa shape index (κ1) is 17.0. The molecule has 4 rings (SSSR count). The number of fused-ring (bicyclic) bond motifs is 3. The molecule has 3 saturated heterocycles. The number of ether oxygens (including phenoxy) is 1. The van der Waals surface area contributed by atoms with Crippen molar-refractivity contribution in [3.63, 3.8) is 0 Å². The second-order valence-electron chi connectivity index (χ2n) is 7.10. The summed E-state index contributed by atoms with van der Waals surface area (Å²) in [5, 5.41) is 1.89. The van der Waals surface area contributed by atoms with Crippen LogP contribution in [0.15, 0.2) is 24.3 Å². The number of benzene rings is 1. The summed E-state index contributed by atoms with van der Waals surface area (Å²) in [6, 6.07) is 6.93. The van der Waals surface area contributed by atoms with Gasteiger partial charge in [0.05, 0.1) is 24.3 Å². The SMILES string of the molecule is CCCCC[C@@H]1N(NC(=O)c2ccccc2C=O)[C@]12C1CCOC(=O)N12. The van der Waals surface area contributed by atoms with E-state index in [4.69, 9.17) is 4.74 Å². The molecular formula is C19H23N3O4. The molecule has 0 aromatic heterocycles. The normalized spacial score (nSPS) is 31.2. The molecule has 7 heteroatoms. The van der Waals surface area contributed by atoms with Gasteiger partial charge in [0.1, 0.15) is 0 Å². The van der Waals surface area contributed by atoms with Crippen molar-refractivity contribution in [1.82, 2.24) is 15.3 Å². The third kappa shape index (κ3) is 2.41. The van der Waals surface area contributed by atoms with Crippen molar-refractivity contribution in [3.05, 3.63) is 35.4 Å². The van der Waals surface area contributed by atoms with Crippen molar-refractivity contribution < 1.29 is 19.1 Å². The van der Waals surface area contributed by atoms with Crippen molar-refractivity contribution in [2.45, 2.75) is 56.8 Å². The van der Waals surface area contributed by atoms with Crippen LogP contribution in [0.4, 0.5) is 4.79 Å². The van der Waals surface area contributed by atoms with Crippen LogP contribution in [-0.2, 0) is 4.74 Å². The minimum absolute atomic E-state index is 0.108. The second kappa shape index (κ2) is 6.39. The second-order valence-corrected chi connectivity index (χ2v) is 7.10. The van der Waals surface area contributed by atoms with Gasteiger partial charge in [-0.15, -0.1) is 0 Å². The van der Waals surface area contributed by atoms with E-state index in [1.54, 1.807) is 29.2 Å². The Hall–Kier alpha value is -2.41. The zero-order valence-corrected chi connectivity index (χ0v) is 14.8. The molecular weight excluding hydrogens is 334 g/mol. The lowest BCUT2D eigenvalue weighted by molar-refractivity contribution is 0.0861. The maximum Gasteiger partial charge on any atom is 0.411 e. The molecule has 3 aliphatic rings. The maximum atomic E-state index is 12.7. The van der Waals surface area contributed by atoms with E-state index < -0.39 is 5.66 Å². The molecule has 0 aliphatic carbocycles. The van der Waals surface area contributed by atoms with Crippen LogP contribution >= 0.6 is 0 Å². The third-order valence-corrected chi connectivity index (χ3v) is 5.69. The molecule has 138 valence electrons. The van der Waals surface area contributed by atoms with Crippen molar-refractivity contribution in [2.24, 2.45) is 0 Å². The molecule has 2 unspecified atom stereocenters. The number of cyclic esters (lactones) is 1. The van der Waals surface area contributed by atoms with Gasteiger partial charge in [0.25, 0.3) is 5.91 Å². The molecule has 26 heavy (non-hydrogen) atoms. The molecule has 4 atom stereocenters. The van der Waals surface area contributed by atoms with Gasteiger partial charge in [-0.05, 0) is 12.5 Å². The quantitative estimate of drug-likeness (QED) is 0.460. The Kier molecular flexibility index (Phi) is 4.19. The molecule has 3 fully saturated rings. The first-order chi connectivity index (χ1) is 12.7. The topological polar surface area (TPSA) is 78.5 Å². The lowest BCUT2D eigenvalue weighted by Crippen LogP contribution is -2.33. The van der Waals surface area contributed by atoms with Crippen molar-refractivity contribution in [3.8, 4) is 0 Å². The number of amides is 2. The lowest BCUT2D eigenvalue weighted by atomic mass is 10.1. The zero-order chi connectivity index (χ0) is 18.3. The van der Waals surface area contributed by atoms with Gasteiger partial charge in [-0.3, -0.25) is 19.9 Å². The van der Waals surface area contributed by atoms with Crippen LogP contribution in [0.25, 0.3) is 0 Å². The number of hydrogen-bond acceptors (Lipinski definition) is 5. The number of carbonyl (C=O) groups is 3. The summed E-state index contributed by atoms with van der Waals surface area (Å²) < 4.78 is 5.16. The fraction of sp³-hybridized carbons (Fsp3) is 0.526. The van der Waals surface area contributed by atoms with E-state index in [1.807, 2.05) is 5.01 Å². The molecule has 0 saturated carbocycles. The van der Waals surface area contributed by atoms with Crippen LogP contribution in [0.2, 0.25) is 0 Å². The Morgan fingerprint density at radius 3 is 2.92 bits per heavy atom. The Bertz CT molecular complexity index is 752. The summed E-state index contributed by atoms with van der Waals surface area (Å²) in [5.41, 5.74) is 3.22. The van der Waals surface area contributed by atoms with Crippen LogP contribution in [0.5, 0.6) is 0 Å². The molecule has 1 aromatic carbocycles. The summed E-state index contributed by atoms with van der Waals surface area (Å²) >= 11 is 0. The number of carbonyl (C=O) groups excluding carboxylic acids is 3. The van der Waals surface area contributed by atoms with E-state index >= 15 is 0 Å².